The van der Waals surface area contributed by atoms with E-state index in [2.05, 4.69) is 5.32 Å². The van der Waals surface area contributed by atoms with Crippen LogP contribution in [0.2, 0.25) is 10.0 Å². The first-order valence-electron chi connectivity index (χ1n) is 4.52. The van der Waals surface area contributed by atoms with E-state index in [0.29, 0.717) is 15.7 Å². The number of thiocarbonyl (C=S) groups is 1. The molecule has 0 amide bonds. The minimum atomic E-state index is -0.143. The highest BCUT2D eigenvalue weighted by Gasteiger charge is 2.10. The topological polar surface area (TPSA) is 56.0 Å². The lowest BCUT2D eigenvalue weighted by Crippen LogP contribution is -2.12. The van der Waals surface area contributed by atoms with Crippen LogP contribution in [0.15, 0.2) is 29.5 Å². The van der Waals surface area contributed by atoms with E-state index in [9.17, 15) is 5.11 Å². The normalized spacial score (nSPS) is 11.4. The number of halogens is 2. The molecule has 0 unspecified atom stereocenters. The number of rotatable bonds is 2. The number of allylic oxidation sites excluding steroid dienone is 1. The van der Waals surface area contributed by atoms with Crippen molar-refractivity contribution < 1.29 is 5.11 Å². The van der Waals surface area contributed by atoms with Crippen molar-refractivity contribution in [1.29, 1.82) is 5.26 Å². The van der Waals surface area contributed by atoms with Gasteiger partial charge in [0.1, 0.15) is 22.4 Å². The summed E-state index contributed by atoms with van der Waals surface area (Å²) in [5.74, 6) is -0.143. The Bertz CT molecular complexity index is 531. The number of hydrogen-bond acceptors (Lipinski definition) is 3. The summed E-state index contributed by atoms with van der Waals surface area (Å²) in [7, 11) is 0. The van der Waals surface area contributed by atoms with Gasteiger partial charge < -0.3 is 10.4 Å². The first kappa shape index (κ1) is 13.8. The Hall–Kier alpha value is -1.28. The molecule has 0 aliphatic carbocycles. The molecule has 1 aromatic rings. The number of aliphatic hydroxyl groups is 1. The van der Waals surface area contributed by atoms with Gasteiger partial charge in [-0.25, -0.2) is 0 Å². The summed E-state index contributed by atoms with van der Waals surface area (Å²) in [6.07, 6.45) is 0. The third kappa shape index (κ3) is 3.60. The zero-order chi connectivity index (χ0) is 13.0. The highest BCUT2D eigenvalue weighted by atomic mass is 35.5. The summed E-state index contributed by atoms with van der Waals surface area (Å²) in [5, 5.41) is 21.7. The molecule has 0 aliphatic heterocycles. The fourth-order valence-electron chi connectivity index (χ4n) is 1.07. The number of nitrogens with zero attached hydrogens (tertiary/aromatic N) is 1. The van der Waals surface area contributed by atoms with Crippen LogP contribution in [0.5, 0.6) is 0 Å². The maximum atomic E-state index is 9.25. The molecule has 17 heavy (non-hydrogen) atoms. The molecule has 0 fully saturated rings. The van der Waals surface area contributed by atoms with E-state index in [0.717, 1.165) is 0 Å². The Labute approximate surface area is 114 Å². The molecule has 0 radical (unpaired) electrons. The van der Waals surface area contributed by atoms with Crippen molar-refractivity contribution in [3.63, 3.8) is 0 Å². The van der Waals surface area contributed by atoms with Crippen LogP contribution >= 0.6 is 35.4 Å². The molecule has 1 aromatic carbocycles. The van der Waals surface area contributed by atoms with Crippen molar-refractivity contribution in [1.82, 2.24) is 0 Å². The number of nitrogens with one attached hydrogen (secondary N) is 1. The number of nitriles is 1. The van der Waals surface area contributed by atoms with E-state index in [1.165, 1.54) is 6.92 Å². The average molecular weight is 287 g/mol. The second-order valence-electron chi connectivity index (χ2n) is 3.15. The summed E-state index contributed by atoms with van der Waals surface area (Å²) in [5.41, 5.74) is 0.529. The summed E-state index contributed by atoms with van der Waals surface area (Å²) < 4.78 is 0. The van der Waals surface area contributed by atoms with Crippen molar-refractivity contribution in [3.8, 4) is 6.07 Å². The Morgan fingerprint density at radius 3 is 2.59 bits per heavy atom. The lowest BCUT2D eigenvalue weighted by atomic mass is 10.2. The lowest BCUT2D eigenvalue weighted by Gasteiger charge is -2.09. The van der Waals surface area contributed by atoms with Gasteiger partial charge in [0.2, 0.25) is 0 Å². The minimum Gasteiger partial charge on any atom is -0.511 e. The van der Waals surface area contributed by atoms with Gasteiger partial charge in [0.25, 0.3) is 0 Å². The SMILES string of the molecule is CC(O)=C(C#N)C(=S)Nc1ccc(Cl)cc1Cl. The number of benzene rings is 1. The average Bonchev–Trinajstić information content (AvgIpc) is 2.22. The molecular formula is C11H8Cl2N2OS. The molecule has 6 heteroatoms. The summed E-state index contributed by atoms with van der Waals surface area (Å²) >= 11 is 16.7. The van der Waals surface area contributed by atoms with Crippen LogP contribution in [0.25, 0.3) is 0 Å². The van der Waals surface area contributed by atoms with Gasteiger partial charge in [-0.15, -0.1) is 0 Å². The molecule has 0 bridgehead atoms. The molecule has 88 valence electrons. The predicted molar refractivity (Wildman–Crippen MR) is 73.6 cm³/mol. The van der Waals surface area contributed by atoms with Gasteiger partial charge in [-0.1, -0.05) is 35.4 Å². The van der Waals surface area contributed by atoms with E-state index in [1.807, 2.05) is 6.07 Å². The van der Waals surface area contributed by atoms with Crippen molar-refractivity contribution >= 4 is 46.1 Å². The lowest BCUT2D eigenvalue weighted by molar-refractivity contribution is 0.412. The standard InChI is InChI=1S/C11H8Cl2N2OS/c1-6(16)8(5-14)11(17)15-10-3-2-7(12)4-9(10)13/h2-4,16H,1H3,(H,15,17). The van der Waals surface area contributed by atoms with E-state index in [4.69, 9.17) is 40.7 Å². The van der Waals surface area contributed by atoms with Crippen LogP contribution in [-0.4, -0.2) is 10.1 Å². The van der Waals surface area contributed by atoms with E-state index < -0.39 is 0 Å². The van der Waals surface area contributed by atoms with Gasteiger partial charge in [-0.2, -0.15) is 5.26 Å². The third-order valence-electron chi connectivity index (χ3n) is 1.88. The zero-order valence-electron chi connectivity index (χ0n) is 8.79. The van der Waals surface area contributed by atoms with Crippen LogP contribution in [-0.2, 0) is 0 Å². The second-order valence-corrected chi connectivity index (χ2v) is 4.40. The Kier molecular flexibility index (Phi) is 4.76. The van der Waals surface area contributed by atoms with Gasteiger partial charge in [-0.05, 0) is 25.1 Å². The molecule has 0 aromatic heterocycles. The van der Waals surface area contributed by atoms with E-state index in [1.54, 1.807) is 18.2 Å². The molecule has 3 nitrogen and oxygen atoms in total. The van der Waals surface area contributed by atoms with Crippen molar-refractivity contribution in [3.05, 3.63) is 39.6 Å². The van der Waals surface area contributed by atoms with Crippen molar-refractivity contribution in [2.45, 2.75) is 6.92 Å². The largest absolute Gasteiger partial charge is 0.511 e. The Morgan fingerprint density at radius 1 is 1.47 bits per heavy atom. The van der Waals surface area contributed by atoms with Crippen molar-refractivity contribution in [2.24, 2.45) is 0 Å². The highest BCUT2D eigenvalue weighted by Crippen LogP contribution is 2.26. The fourth-order valence-corrected chi connectivity index (χ4v) is 1.83. The maximum Gasteiger partial charge on any atom is 0.125 e. The molecule has 2 N–H and O–H groups in total. The Morgan fingerprint density at radius 2 is 2.12 bits per heavy atom. The number of hydrogen-bond donors (Lipinski definition) is 2. The van der Waals surface area contributed by atoms with Crippen LogP contribution in [0.3, 0.4) is 0 Å². The first-order chi connectivity index (χ1) is 7.95. The van der Waals surface area contributed by atoms with Crippen LogP contribution in [0.1, 0.15) is 6.92 Å². The summed E-state index contributed by atoms with van der Waals surface area (Å²) in [6.45, 7) is 1.38. The summed E-state index contributed by atoms with van der Waals surface area (Å²) in [6, 6.07) is 6.64. The zero-order valence-corrected chi connectivity index (χ0v) is 11.1. The molecule has 0 spiro atoms. The van der Waals surface area contributed by atoms with Gasteiger partial charge in [0.15, 0.2) is 0 Å². The number of anilines is 1. The quantitative estimate of drug-likeness (QED) is 0.372. The predicted octanol–water partition coefficient (Wildman–Crippen LogP) is 4.09. The molecule has 1 rings (SSSR count). The van der Waals surface area contributed by atoms with E-state index in [-0.39, 0.29) is 16.3 Å². The van der Waals surface area contributed by atoms with Crippen LogP contribution < -0.4 is 5.32 Å². The van der Waals surface area contributed by atoms with Crippen LogP contribution in [0, 0.1) is 11.3 Å². The van der Waals surface area contributed by atoms with Gasteiger partial charge >= 0.3 is 0 Å². The van der Waals surface area contributed by atoms with Crippen molar-refractivity contribution in [2.75, 3.05) is 5.32 Å². The van der Waals surface area contributed by atoms with E-state index >= 15 is 0 Å². The maximum absolute atomic E-state index is 9.25. The molecule has 0 saturated carbocycles. The van der Waals surface area contributed by atoms with Crippen LogP contribution in [0.4, 0.5) is 5.69 Å². The minimum absolute atomic E-state index is 0.00557. The molecular weight excluding hydrogens is 279 g/mol. The molecule has 0 heterocycles. The molecule has 0 saturated heterocycles. The third-order valence-corrected chi connectivity index (χ3v) is 2.73. The monoisotopic (exact) mass is 286 g/mol. The number of aliphatic hydroxyl groups excluding tert-OH is 1. The Balaban J connectivity index is 2.97. The second kappa shape index (κ2) is 5.87. The van der Waals surface area contributed by atoms with Gasteiger partial charge in [0.05, 0.1) is 10.7 Å². The molecule has 0 aliphatic rings. The summed E-state index contributed by atoms with van der Waals surface area (Å²) in [4.78, 5) is 0.108. The fraction of sp³-hybridized carbons (Fsp3) is 0.0909. The first-order valence-corrected chi connectivity index (χ1v) is 5.68. The smallest absolute Gasteiger partial charge is 0.125 e. The molecule has 0 atom stereocenters. The highest BCUT2D eigenvalue weighted by molar-refractivity contribution is 7.81. The van der Waals surface area contributed by atoms with Gasteiger partial charge in [-0.3, -0.25) is 0 Å². The van der Waals surface area contributed by atoms with Gasteiger partial charge in [0, 0.05) is 5.02 Å².